The molecule has 120 valence electrons. The number of alkyl halides is 1. The summed E-state index contributed by atoms with van der Waals surface area (Å²) in [5.74, 6) is 0.342. The van der Waals surface area contributed by atoms with Crippen LogP contribution in [0.4, 0.5) is 4.39 Å². The van der Waals surface area contributed by atoms with E-state index in [1.54, 1.807) is 11.8 Å². The first-order chi connectivity index (χ1) is 10.5. The minimum Gasteiger partial charge on any atom is -0.336 e. The van der Waals surface area contributed by atoms with E-state index in [1.165, 1.54) is 5.56 Å². The van der Waals surface area contributed by atoms with E-state index in [0.29, 0.717) is 18.8 Å². The summed E-state index contributed by atoms with van der Waals surface area (Å²) in [6.45, 7) is 1.78. The monoisotopic (exact) mass is 304 g/mol. The zero-order valence-electron chi connectivity index (χ0n) is 13.2. The first kappa shape index (κ1) is 15.5. The number of hydrogen-bond donors (Lipinski definition) is 1. The summed E-state index contributed by atoms with van der Waals surface area (Å²) in [5, 5.41) is 0. The third-order valence-corrected chi connectivity index (χ3v) is 5.17. The average Bonchev–Trinajstić information content (AvgIpc) is 3.29. The molecule has 0 aromatic heterocycles. The Balaban J connectivity index is 1.66. The third kappa shape index (κ3) is 3.32. The first-order valence-corrected chi connectivity index (χ1v) is 8.25. The maximum atomic E-state index is 15.0. The molecule has 0 radical (unpaired) electrons. The zero-order chi connectivity index (χ0) is 15.7. The van der Waals surface area contributed by atoms with Crippen molar-refractivity contribution in [2.24, 2.45) is 5.73 Å². The Morgan fingerprint density at radius 2 is 1.95 bits per heavy atom. The molecule has 2 atom stereocenters. The molecule has 0 bridgehead atoms. The molecule has 0 heterocycles. The van der Waals surface area contributed by atoms with Gasteiger partial charge in [-0.2, -0.15) is 0 Å². The van der Waals surface area contributed by atoms with Gasteiger partial charge in [-0.25, -0.2) is 4.39 Å². The number of amides is 1. The molecule has 2 fully saturated rings. The molecule has 2 N–H and O–H groups in total. The second kappa shape index (κ2) is 5.99. The largest absolute Gasteiger partial charge is 0.336 e. The van der Waals surface area contributed by atoms with E-state index in [-0.39, 0.29) is 24.5 Å². The summed E-state index contributed by atoms with van der Waals surface area (Å²) in [6, 6.07) is 10.5. The van der Waals surface area contributed by atoms with Crippen LogP contribution in [0.25, 0.3) is 0 Å². The van der Waals surface area contributed by atoms with E-state index in [1.807, 2.05) is 18.2 Å². The summed E-state index contributed by atoms with van der Waals surface area (Å²) in [5.41, 5.74) is 5.86. The van der Waals surface area contributed by atoms with Gasteiger partial charge in [-0.1, -0.05) is 30.3 Å². The van der Waals surface area contributed by atoms with Gasteiger partial charge in [0.15, 0.2) is 0 Å². The van der Waals surface area contributed by atoms with Crippen LogP contribution >= 0.6 is 0 Å². The SMILES string of the molecule is CC(=O)N(CC1(F)CCC(N)CC1)C1CC1c1ccccc1. The van der Waals surface area contributed by atoms with E-state index in [4.69, 9.17) is 5.73 Å². The van der Waals surface area contributed by atoms with Crippen LogP contribution < -0.4 is 5.73 Å². The molecule has 0 aliphatic heterocycles. The van der Waals surface area contributed by atoms with Gasteiger partial charge in [0.25, 0.3) is 0 Å². The van der Waals surface area contributed by atoms with Crippen LogP contribution in [0.3, 0.4) is 0 Å². The molecule has 22 heavy (non-hydrogen) atoms. The van der Waals surface area contributed by atoms with Crippen LogP contribution in [-0.2, 0) is 4.79 Å². The fourth-order valence-electron chi connectivity index (χ4n) is 3.67. The quantitative estimate of drug-likeness (QED) is 0.929. The molecule has 2 saturated carbocycles. The van der Waals surface area contributed by atoms with Crippen molar-refractivity contribution < 1.29 is 9.18 Å². The Labute approximate surface area is 131 Å². The summed E-state index contributed by atoms with van der Waals surface area (Å²) < 4.78 is 15.0. The van der Waals surface area contributed by atoms with Crippen molar-refractivity contribution in [1.29, 1.82) is 0 Å². The second-order valence-corrected chi connectivity index (χ2v) is 6.96. The molecule has 3 nitrogen and oxygen atoms in total. The van der Waals surface area contributed by atoms with Crippen molar-refractivity contribution in [3.05, 3.63) is 35.9 Å². The van der Waals surface area contributed by atoms with Crippen molar-refractivity contribution in [2.45, 2.75) is 62.7 Å². The number of rotatable bonds is 4. The first-order valence-electron chi connectivity index (χ1n) is 8.25. The van der Waals surface area contributed by atoms with Gasteiger partial charge in [-0.05, 0) is 37.7 Å². The van der Waals surface area contributed by atoms with Crippen LogP contribution in [-0.4, -0.2) is 35.1 Å². The lowest BCUT2D eigenvalue weighted by molar-refractivity contribution is -0.132. The Morgan fingerprint density at radius 3 is 2.55 bits per heavy atom. The van der Waals surface area contributed by atoms with E-state index in [2.05, 4.69) is 12.1 Å². The fourth-order valence-corrected chi connectivity index (χ4v) is 3.67. The molecule has 1 amide bonds. The molecule has 0 spiro atoms. The molecule has 1 aromatic rings. The molecule has 2 aliphatic carbocycles. The Hall–Kier alpha value is -1.42. The third-order valence-electron chi connectivity index (χ3n) is 5.17. The molecule has 1 aromatic carbocycles. The average molecular weight is 304 g/mol. The fraction of sp³-hybridized carbons (Fsp3) is 0.611. The Kier molecular flexibility index (Phi) is 4.22. The van der Waals surface area contributed by atoms with E-state index >= 15 is 4.39 Å². The Bertz CT molecular complexity index is 525. The summed E-state index contributed by atoms with van der Waals surface area (Å²) >= 11 is 0. The minimum atomic E-state index is -1.26. The number of carbonyl (C=O) groups is 1. The van der Waals surface area contributed by atoms with Crippen LogP contribution in [0.1, 0.15) is 50.5 Å². The number of carbonyl (C=O) groups excluding carboxylic acids is 1. The highest BCUT2D eigenvalue weighted by molar-refractivity contribution is 5.74. The molecule has 2 unspecified atom stereocenters. The van der Waals surface area contributed by atoms with Gasteiger partial charge in [-0.15, -0.1) is 0 Å². The topological polar surface area (TPSA) is 46.3 Å². The van der Waals surface area contributed by atoms with Crippen LogP contribution in [0.2, 0.25) is 0 Å². The lowest BCUT2D eigenvalue weighted by Gasteiger charge is -2.36. The maximum Gasteiger partial charge on any atom is 0.219 e. The number of benzene rings is 1. The highest BCUT2D eigenvalue weighted by Crippen LogP contribution is 2.46. The van der Waals surface area contributed by atoms with Crippen molar-refractivity contribution in [3.63, 3.8) is 0 Å². The van der Waals surface area contributed by atoms with Gasteiger partial charge in [0.05, 0.1) is 6.54 Å². The van der Waals surface area contributed by atoms with Gasteiger partial charge < -0.3 is 10.6 Å². The predicted molar refractivity (Wildman–Crippen MR) is 85.3 cm³/mol. The van der Waals surface area contributed by atoms with Crippen molar-refractivity contribution >= 4 is 5.91 Å². The lowest BCUT2D eigenvalue weighted by Crippen LogP contribution is -2.47. The van der Waals surface area contributed by atoms with Gasteiger partial charge in [0.2, 0.25) is 5.91 Å². The smallest absolute Gasteiger partial charge is 0.219 e. The Morgan fingerprint density at radius 1 is 1.32 bits per heavy atom. The lowest BCUT2D eigenvalue weighted by atomic mass is 9.83. The molecule has 3 rings (SSSR count). The van der Waals surface area contributed by atoms with E-state index in [0.717, 1.165) is 19.3 Å². The summed E-state index contributed by atoms with van der Waals surface area (Å²) in [4.78, 5) is 13.8. The summed E-state index contributed by atoms with van der Waals surface area (Å²) in [7, 11) is 0. The van der Waals surface area contributed by atoms with Gasteiger partial charge in [-0.3, -0.25) is 4.79 Å². The molecular weight excluding hydrogens is 279 g/mol. The normalized spacial score (nSPS) is 34.2. The number of nitrogens with zero attached hydrogens (tertiary/aromatic N) is 1. The van der Waals surface area contributed by atoms with E-state index in [9.17, 15) is 4.79 Å². The van der Waals surface area contributed by atoms with Crippen LogP contribution in [0.15, 0.2) is 30.3 Å². The van der Waals surface area contributed by atoms with Crippen molar-refractivity contribution in [1.82, 2.24) is 4.90 Å². The highest BCUT2D eigenvalue weighted by atomic mass is 19.1. The number of nitrogens with two attached hydrogens (primary N) is 1. The van der Waals surface area contributed by atoms with Crippen molar-refractivity contribution in [2.75, 3.05) is 6.54 Å². The molecule has 2 aliphatic rings. The number of hydrogen-bond acceptors (Lipinski definition) is 2. The van der Waals surface area contributed by atoms with E-state index < -0.39 is 5.67 Å². The second-order valence-electron chi connectivity index (χ2n) is 6.96. The highest BCUT2D eigenvalue weighted by Gasteiger charge is 2.47. The molecular formula is C18H25FN2O. The maximum absolute atomic E-state index is 15.0. The van der Waals surface area contributed by atoms with Gasteiger partial charge in [0.1, 0.15) is 5.67 Å². The van der Waals surface area contributed by atoms with Crippen LogP contribution in [0, 0.1) is 0 Å². The summed E-state index contributed by atoms with van der Waals surface area (Å²) in [6.07, 6.45) is 3.32. The van der Waals surface area contributed by atoms with Gasteiger partial charge >= 0.3 is 0 Å². The van der Waals surface area contributed by atoms with Crippen molar-refractivity contribution in [3.8, 4) is 0 Å². The standard InChI is InChI=1S/C18H25FN2O/c1-13(22)21(12-18(19)9-7-15(20)8-10-18)17-11-16(17)14-5-3-2-4-6-14/h2-6,15-17H,7-12,20H2,1H3. The van der Waals surface area contributed by atoms with Gasteiger partial charge in [0, 0.05) is 24.9 Å². The minimum absolute atomic E-state index is 0.0182. The molecule has 4 heteroatoms. The zero-order valence-corrected chi connectivity index (χ0v) is 13.2. The van der Waals surface area contributed by atoms with Crippen LogP contribution in [0.5, 0.6) is 0 Å². The predicted octanol–water partition coefficient (Wildman–Crippen LogP) is 3.00. The molecule has 0 saturated heterocycles. The number of halogens is 1.